The van der Waals surface area contributed by atoms with Crippen molar-refractivity contribution in [2.75, 3.05) is 6.54 Å². The van der Waals surface area contributed by atoms with Gasteiger partial charge in [-0.05, 0) is 25.0 Å². The Labute approximate surface area is 165 Å². The second-order valence-electron chi connectivity index (χ2n) is 5.88. The second kappa shape index (κ2) is 8.28. The molecule has 3 rings (SSSR count). The minimum Gasteiger partial charge on any atom is -0.352 e. The van der Waals surface area contributed by atoms with E-state index in [1.165, 1.54) is 18.2 Å². The molecule has 0 aliphatic heterocycles. The van der Waals surface area contributed by atoms with E-state index in [1.807, 2.05) is 36.6 Å². The molecule has 0 aliphatic rings. The van der Waals surface area contributed by atoms with Crippen LogP contribution in [0.4, 0.5) is 5.69 Å². The number of hydrogen-bond acceptors (Lipinski definition) is 5. The molecule has 0 fully saturated rings. The van der Waals surface area contributed by atoms with E-state index in [0.717, 1.165) is 21.8 Å². The third-order valence-corrected chi connectivity index (χ3v) is 5.06. The first-order chi connectivity index (χ1) is 12.9. The molecule has 0 unspecified atom stereocenters. The Hall–Kier alpha value is -2.77. The number of rotatable bonds is 6. The summed E-state index contributed by atoms with van der Waals surface area (Å²) in [6.45, 7) is 2.41. The Bertz CT molecular complexity index is 986. The van der Waals surface area contributed by atoms with E-state index < -0.39 is 4.92 Å². The van der Waals surface area contributed by atoms with Crippen LogP contribution < -0.4 is 5.32 Å². The Balaban J connectivity index is 1.56. The molecule has 0 bridgehead atoms. The maximum absolute atomic E-state index is 12.2. The Morgan fingerprint density at radius 1 is 1.26 bits per heavy atom. The standard InChI is InChI=1S/C19H16ClN3O3S/c1-12-22-18(11-27-12)14-4-2-13(3-5-14)8-9-21-19(24)16-7-6-15(23(25)26)10-17(16)20/h2-7,10-11H,8-9H2,1H3,(H,21,24). The monoisotopic (exact) mass is 401 g/mol. The Morgan fingerprint density at radius 2 is 2.00 bits per heavy atom. The number of carbonyl (C=O) groups excluding carboxylic acids is 1. The third-order valence-electron chi connectivity index (χ3n) is 3.98. The molecule has 1 aromatic heterocycles. The lowest BCUT2D eigenvalue weighted by Crippen LogP contribution is -2.26. The smallest absolute Gasteiger partial charge is 0.270 e. The molecular formula is C19H16ClN3O3S. The van der Waals surface area contributed by atoms with Gasteiger partial charge in [0.2, 0.25) is 0 Å². The SMILES string of the molecule is Cc1nc(-c2ccc(CCNC(=O)c3ccc([N+](=O)[O-])cc3Cl)cc2)cs1. The number of aryl methyl sites for hydroxylation is 1. The maximum atomic E-state index is 12.2. The summed E-state index contributed by atoms with van der Waals surface area (Å²) in [5.74, 6) is -0.357. The van der Waals surface area contributed by atoms with Gasteiger partial charge in [0.15, 0.2) is 0 Å². The number of thiazole rings is 1. The number of carbonyl (C=O) groups is 1. The summed E-state index contributed by atoms with van der Waals surface area (Å²) in [5.41, 5.74) is 3.18. The molecule has 0 radical (unpaired) electrons. The van der Waals surface area contributed by atoms with Crippen LogP contribution in [0.3, 0.4) is 0 Å². The summed E-state index contributed by atoms with van der Waals surface area (Å²) in [6, 6.07) is 11.8. The first-order valence-electron chi connectivity index (χ1n) is 8.17. The van der Waals surface area contributed by atoms with Crippen LogP contribution in [0, 0.1) is 17.0 Å². The largest absolute Gasteiger partial charge is 0.352 e. The van der Waals surface area contributed by atoms with Crippen molar-refractivity contribution >= 4 is 34.5 Å². The maximum Gasteiger partial charge on any atom is 0.270 e. The van der Waals surface area contributed by atoms with Crippen LogP contribution in [-0.2, 0) is 6.42 Å². The summed E-state index contributed by atoms with van der Waals surface area (Å²) in [6.07, 6.45) is 0.659. The van der Waals surface area contributed by atoms with Crippen LogP contribution in [-0.4, -0.2) is 22.4 Å². The van der Waals surface area contributed by atoms with Crippen LogP contribution >= 0.6 is 22.9 Å². The predicted molar refractivity (Wildman–Crippen MR) is 106 cm³/mol. The molecule has 0 saturated heterocycles. The van der Waals surface area contributed by atoms with E-state index in [9.17, 15) is 14.9 Å². The van der Waals surface area contributed by atoms with Crippen LogP contribution in [0.1, 0.15) is 20.9 Å². The van der Waals surface area contributed by atoms with Crippen LogP contribution in [0.25, 0.3) is 11.3 Å². The summed E-state index contributed by atoms with van der Waals surface area (Å²) >= 11 is 7.59. The fourth-order valence-corrected chi connectivity index (χ4v) is 3.44. The number of halogens is 1. The van der Waals surface area contributed by atoms with Crippen molar-refractivity contribution in [2.45, 2.75) is 13.3 Å². The molecule has 0 atom stereocenters. The number of benzene rings is 2. The van der Waals surface area contributed by atoms with Crippen molar-refractivity contribution in [3.05, 3.63) is 79.1 Å². The Kier molecular flexibility index (Phi) is 5.83. The zero-order valence-electron chi connectivity index (χ0n) is 14.4. The number of nitrogens with zero attached hydrogens (tertiary/aromatic N) is 2. The predicted octanol–water partition coefficient (Wildman–Crippen LogP) is 4.65. The summed E-state index contributed by atoms with van der Waals surface area (Å²) in [5, 5.41) is 16.6. The highest BCUT2D eigenvalue weighted by Crippen LogP contribution is 2.23. The zero-order valence-corrected chi connectivity index (χ0v) is 16.0. The molecule has 6 nitrogen and oxygen atoms in total. The molecule has 2 aromatic carbocycles. The Morgan fingerprint density at radius 3 is 2.59 bits per heavy atom. The number of non-ortho nitro benzene ring substituents is 1. The molecule has 0 saturated carbocycles. The van der Waals surface area contributed by atoms with Gasteiger partial charge < -0.3 is 5.32 Å². The van der Waals surface area contributed by atoms with Gasteiger partial charge in [-0.1, -0.05) is 35.9 Å². The molecular weight excluding hydrogens is 386 g/mol. The van der Waals surface area contributed by atoms with Gasteiger partial charge in [0.25, 0.3) is 11.6 Å². The van der Waals surface area contributed by atoms with E-state index in [2.05, 4.69) is 10.3 Å². The van der Waals surface area contributed by atoms with E-state index in [4.69, 9.17) is 11.6 Å². The van der Waals surface area contributed by atoms with Crippen molar-refractivity contribution < 1.29 is 9.72 Å². The molecule has 8 heteroatoms. The summed E-state index contributed by atoms with van der Waals surface area (Å²) in [4.78, 5) is 26.8. The minimum absolute atomic E-state index is 0.0598. The molecule has 0 aliphatic carbocycles. The molecule has 3 aromatic rings. The van der Waals surface area contributed by atoms with Gasteiger partial charge in [0.1, 0.15) is 0 Å². The van der Waals surface area contributed by atoms with Crippen LogP contribution in [0.2, 0.25) is 5.02 Å². The molecule has 0 spiro atoms. The van der Waals surface area contributed by atoms with E-state index in [1.54, 1.807) is 11.3 Å². The molecule has 138 valence electrons. The number of nitro benzene ring substituents is 1. The van der Waals surface area contributed by atoms with Gasteiger partial charge in [-0.15, -0.1) is 11.3 Å². The van der Waals surface area contributed by atoms with Crippen molar-refractivity contribution in [3.8, 4) is 11.3 Å². The first-order valence-corrected chi connectivity index (χ1v) is 9.43. The first kappa shape index (κ1) is 19.0. The lowest BCUT2D eigenvalue weighted by atomic mass is 10.1. The van der Waals surface area contributed by atoms with E-state index in [0.29, 0.717) is 13.0 Å². The average molecular weight is 402 g/mol. The molecule has 1 amide bonds. The average Bonchev–Trinajstić information content (AvgIpc) is 3.08. The fraction of sp³-hybridized carbons (Fsp3) is 0.158. The van der Waals surface area contributed by atoms with Crippen molar-refractivity contribution in [3.63, 3.8) is 0 Å². The normalized spacial score (nSPS) is 10.6. The van der Waals surface area contributed by atoms with Gasteiger partial charge in [-0.25, -0.2) is 4.98 Å². The van der Waals surface area contributed by atoms with E-state index in [-0.39, 0.29) is 22.2 Å². The number of amides is 1. The zero-order chi connectivity index (χ0) is 19.4. The van der Waals surface area contributed by atoms with Crippen molar-refractivity contribution in [2.24, 2.45) is 0 Å². The number of hydrogen-bond donors (Lipinski definition) is 1. The highest BCUT2D eigenvalue weighted by Gasteiger charge is 2.14. The molecule has 1 N–H and O–H groups in total. The molecule has 27 heavy (non-hydrogen) atoms. The highest BCUT2D eigenvalue weighted by atomic mass is 35.5. The lowest BCUT2D eigenvalue weighted by molar-refractivity contribution is -0.384. The van der Waals surface area contributed by atoms with Gasteiger partial charge in [-0.2, -0.15) is 0 Å². The number of nitrogens with one attached hydrogen (secondary N) is 1. The van der Waals surface area contributed by atoms with Gasteiger partial charge in [-0.3, -0.25) is 14.9 Å². The van der Waals surface area contributed by atoms with Crippen LogP contribution in [0.15, 0.2) is 47.8 Å². The van der Waals surface area contributed by atoms with Gasteiger partial charge >= 0.3 is 0 Å². The topological polar surface area (TPSA) is 85.1 Å². The van der Waals surface area contributed by atoms with Gasteiger partial charge in [0.05, 0.1) is 26.2 Å². The lowest BCUT2D eigenvalue weighted by Gasteiger charge is -2.07. The number of nitro groups is 1. The third kappa shape index (κ3) is 4.69. The quantitative estimate of drug-likeness (QED) is 0.481. The minimum atomic E-state index is -0.551. The summed E-state index contributed by atoms with van der Waals surface area (Å²) < 4.78 is 0. The second-order valence-corrected chi connectivity index (χ2v) is 7.35. The fourth-order valence-electron chi connectivity index (χ4n) is 2.56. The summed E-state index contributed by atoms with van der Waals surface area (Å²) in [7, 11) is 0. The molecule has 1 heterocycles. The van der Waals surface area contributed by atoms with E-state index >= 15 is 0 Å². The number of aromatic nitrogens is 1. The van der Waals surface area contributed by atoms with Crippen molar-refractivity contribution in [1.82, 2.24) is 10.3 Å². The van der Waals surface area contributed by atoms with Crippen LogP contribution in [0.5, 0.6) is 0 Å². The van der Waals surface area contributed by atoms with Gasteiger partial charge in [0, 0.05) is 29.6 Å². The van der Waals surface area contributed by atoms with Crippen molar-refractivity contribution in [1.29, 1.82) is 0 Å². The highest BCUT2D eigenvalue weighted by molar-refractivity contribution is 7.09.